The average molecular weight is 225 g/mol. The number of halogens is 2. The maximum absolute atomic E-state index is 13.6. The predicted molar refractivity (Wildman–Crippen MR) is 61.6 cm³/mol. The minimum atomic E-state index is -0.376. The second-order valence-corrected chi connectivity index (χ2v) is 4.50. The second kappa shape index (κ2) is 4.81. The van der Waals surface area contributed by atoms with E-state index in [2.05, 4.69) is 0 Å². The van der Waals surface area contributed by atoms with E-state index in [9.17, 15) is 8.78 Å². The number of rotatable bonds is 2. The molecule has 0 atom stereocenters. The van der Waals surface area contributed by atoms with Crippen molar-refractivity contribution in [3.8, 4) is 0 Å². The van der Waals surface area contributed by atoms with E-state index in [4.69, 9.17) is 0 Å². The molecule has 1 nitrogen and oxygen atoms in total. The summed E-state index contributed by atoms with van der Waals surface area (Å²) in [5.74, 6) is -0.714. The lowest BCUT2D eigenvalue weighted by Gasteiger charge is -2.33. The third-order valence-electron chi connectivity index (χ3n) is 3.41. The number of benzene rings is 1. The van der Waals surface area contributed by atoms with E-state index >= 15 is 0 Å². The van der Waals surface area contributed by atoms with Crippen LogP contribution in [-0.2, 0) is 0 Å². The van der Waals surface area contributed by atoms with E-state index in [0.29, 0.717) is 11.7 Å². The van der Waals surface area contributed by atoms with Crippen molar-refractivity contribution in [1.29, 1.82) is 0 Å². The van der Waals surface area contributed by atoms with Crippen LogP contribution in [0, 0.1) is 11.6 Å². The fourth-order valence-electron chi connectivity index (χ4n) is 2.42. The monoisotopic (exact) mass is 225 g/mol. The van der Waals surface area contributed by atoms with Crippen LogP contribution in [0.4, 0.5) is 14.5 Å². The molecule has 0 aliphatic heterocycles. The van der Waals surface area contributed by atoms with Crippen molar-refractivity contribution in [3.63, 3.8) is 0 Å². The zero-order valence-corrected chi connectivity index (χ0v) is 9.55. The van der Waals surface area contributed by atoms with E-state index in [1.807, 2.05) is 11.9 Å². The summed E-state index contributed by atoms with van der Waals surface area (Å²) in [5.41, 5.74) is 0.381. The lowest BCUT2D eigenvalue weighted by Crippen LogP contribution is -2.33. The standard InChI is InChI=1S/C13H17F2N/c1-16(11-5-3-2-4-6-11)13-9-10(14)7-8-12(13)15/h7-9,11H,2-6H2,1H3. The minimum absolute atomic E-state index is 0.338. The molecule has 0 amide bonds. The van der Waals surface area contributed by atoms with Gasteiger partial charge in [-0.15, -0.1) is 0 Å². The second-order valence-electron chi connectivity index (χ2n) is 4.50. The molecule has 1 aromatic carbocycles. The fraction of sp³-hybridized carbons (Fsp3) is 0.538. The first-order chi connectivity index (χ1) is 7.68. The summed E-state index contributed by atoms with van der Waals surface area (Å²) in [6.45, 7) is 0. The lowest BCUT2D eigenvalue weighted by atomic mass is 9.94. The van der Waals surface area contributed by atoms with E-state index in [0.717, 1.165) is 18.9 Å². The number of hydrogen-bond acceptors (Lipinski definition) is 1. The van der Waals surface area contributed by atoms with Gasteiger partial charge >= 0.3 is 0 Å². The summed E-state index contributed by atoms with van der Waals surface area (Å²) in [7, 11) is 1.86. The lowest BCUT2D eigenvalue weighted by molar-refractivity contribution is 0.424. The van der Waals surface area contributed by atoms with Crippen molar-refractivity contribution in [2.45, 2.75) is 38.1 Å². The Hall–Kier alpha value is -1.12. The van der Waals surface area contributed by atoms with Crippen LogP contribution in [0.25, 0.3) is 0 Å². The quantitative estimate of drug-likeness (QED) is 0.741. The summed E-state index contributed by atoms with van der Waals surface area (Å²) < 4.78 is 26.6. The third-order valence-corrected chi connectivity index (χ3v) is 3.41. The summed E-state index contributed by atoms with van der Waals surface area (Å²) in [6.07, 6.45) is 5.78. The molecule has 88 valence electrons. The molecule has 0 saturated heterocycles. The van der Waals surface area contributed by atoms with Gasteiger partial charge in [-0.3, -0.25) is 0 Å². The summed E-state index contributed by atoms with van der Waals surface area (Å²) in [6, 6.07) is 3.99. The molecule has 0 bridgehead atoms. The SMILES string of the molecule is CN(c1cc(F)ccc1F)C1CCCCC1. The Morgan fingerprint density at radius 1 is 1.12 bits per heavy atom. The average Bonchev–Trinajstić information content (AvgIpc) is 2.32. The number of nitrogens with zero attached hydrogens (tertiary/aromatic N) is 1. The molecule has 0 spiro atoms. The van der Waals surface area contributed by atoms with Gasteiger partial charge in [0.25, 0.3) is 0 Å². The first kappa shape index (κ1) is 11.4. The topological polar surface area (TPSA) is 3.24 Å². The zero-order valence-electron chi connectivity index (χ0n) is 9.55. The normalized spacial score (nSPS) is 17.4. The van der Waals surface area contributed by atoms with Crippen molar-refractivity contribution >= 4 is 5.69 Å². The van der Waals surface area contributed by atoms with Crippen molar-refractivity contribution in [1.82, 2.24) is 0 Å². The van der Waals surface area contributed by atoms with Gasteiger partial charge in [-0.2, -0.15) is 0 Å². The molecule has 0 radical (unpaired) electrons. The van der Waals surface area contributed by atoms with Gasteiger partial charge in [0.1, 0.15) is 11.6 Å². The van der Waals surface area contributed by atoms with Crippen LogP contribution in [0.3, 0.4) is 0 Å². The van der Waals surface area contributed by atoms with Crippen LogP contribution in [0.1, 0.15) is 32.1 Å². The van der Waals surface area contributed by atoms with Crippen molar-refractivity contribution < 1.29 is 8.78 Å². The molecule has 16 heavy (non-hydrogen) atoms. The van der Waals surface area contributed by atoms with Gasteiger partial charge in [0.2, 0.25) is 0 Å². The van der Waals surface area contributed by atoms with Gasteiger partial charge in [0, 0.05) is 19.2 Å². The van der Waals surface area contributed by atoms with Gasteiger partial charge in [-0.05, 0) is 25.0 Å². The van der Waals surface area contributed by atoms with Crippen LogP contribution in [-0.4, -0.2) is 13.1 Å². The van der Waals surface area contributed by atoms with Crippen LogP contribution in [0.5, 0.6) is 0 Å². The zero-order chi connectivity index (χ0) is 11.5. The maximum atomic E-state index is 13.6. The molecular weight excluding hydrogens is 208 g/mol. The molecule has 3 heteroatoms. The smallest absolute Gasteiger partial charge is 0.146 e. The molecule has 0 aromatic heterocycles. The Morgan fingerprint density at radius 2 is 1.81 bits per heavy atom. The Bertz CT molecular complexity index is 359. The van der Waals surface area contributed by atoms with E-state index in [1.165, 1.54) is 31.4 Å². The molecule has 0 heterocycles. The molecule has 0 N–H and O–H groups in total. The summed E-state index contributed by atoms with van der Waals surface area (Å²) >= 11 is 0. The highest BCUT2D eigenvalue weighted by molar-refractivity contribution is 5.48. The predicted octanol–water partition coefficient (Wildman–Crippen LogP) is 3.73. The minimum Gasteiger partial charge on any atom is -0.369 e. The van der Waals surface area contributed by atoms with Gasteiger partial charge < -0.3 is 4.90 Å². The molecular formula is C13H17F2N. The van der Waals surface area contributed by atoms with Crippen LogP contribution in [0.2, 0.25) is 0 Å². The van der Waals surface area contributed by atoms with Gasteiger partial charge in [-0.25, -0.2) is 8.78 Å². The summed E-state index contributed by atoms with van der Waals surface area (Å²) in [4.78, 5) is 1.89. The molecule has 0 unspecified atom stereocenters. The molecule has 1 aliphatic rings. The number of anilines is 1. The highest BCUT2D eigenvalue weighted by Crippen LogP contribution is 2.28. The third kappa shape index (κ3) is 2.34. The van der Waals surface area contributed by atoms with Crippen molar-refractivity contribution in [3.05, 3.63) is 29.8 Å². The van der Waals surface area contributed by atoms with Crippen molar-refractivity contribution in [2.24, 2.45) is 0 Å². The van der Waals surface area contributed by atoms with E-state index < -0.39 is 0 Å². The fourth-order valence-corrected chi connectivity index (χ4v) is 2.42. The first-order valence-corrected chi connectivity index (χ1v) is 5.86. The molecule has 1 aliphatic carbocycles. The Morgan fingerprint density at radius 3 is 2.50 bits per heavy atom. The largest absolute Gasteiger partial charge is 0.369 e. The highest BCUT2D eigenvalue weighted by atomic mass is 19.1. The van der Waals surface area contributed by atoms with Gasteiger partial charge in [-0.1, -0.05) is 19.3 Å². The maximum Gasteiger partial charge on any atom is 0.146 e. The van der Waals surface area contributed by atoms with Gasteiger partial charge in [0.05, 0.1) is 5.69 Å². The Kier molecular flexibility index (Phi) is 3.42. The molecule has 2 rings (SSSR count). The van der Waals surface area contributed by atoms with Crippen LogP contribution < -0.4 is 4.90 Å². The van der Waals surface area contributed by atoms with Crippen LogP contribution in [0.15, 0.2) is 18.2 Å². The highest BCUT2D eigenvalue weighted by Gasteiger charge is 2.20. The van der Waals surface area contributed by atoms with Crippen LogP contribution >= 0.6 is 0 Å². The summed E-state index contributed by atoms with van der Waals surface area (Å²) in [5, 5.41) is 0. The Balaban J connectivity index is 2.18. The molecule has 1 aromatic rings. The van der Waals surface area contributed by atoms with E-state index in [1.54, 1.807) is 0 Å². The molecule has 1 saturated carbocycles. The molecule has 1 fully saturated rings. The number of hydrogen-bond donors (Lipinski definition) is 0. The van der Waals surface area contributed by atoms with Gasteiger partial charge in [0.15, 0.2) is 0 Å². The van der Waals surface area contributed by atoms with E-state index in [-0.39, 0.29) is 11.6 Å². The Labute approximate surface area is 95.1 Å². The van der Waals surface area contributed by atoms with Crippen molar-refractivity contribution in [2.75, 3.05) is 11.9 Å². The first-order valence-electron chi connectivity index (χ1n) is 5.86.